The first-order chi connectivity index (χ1) is 11.9. The van der Waals surface area contributed by atoms with Crippen LogP contribution in [0.2, 0.25) is 5.02 Å². The fraction of sp³-hybridized carbons (Fsp3) is 0.375. The second-order valence-electron chi connectivity index (χ2n) is 6.08. The van der Waals surface area contributed by atoms with Crippen LogP contribution in [-0.2, 0) is 19.9 Å². The number of thiophene rings is 1. The topological polar surface area (TPSA) is 82.7 Å². The summed E-state index contributed by atoms with van der Waals surface area (Å²) in [5.74, 6) is 0.125. The summed E-state index contributed by atoms with van der Waals surface area (Å²) in [6.07, 6.45) is 4.49. The molecule has 130 valence electrons. The summed E-state index contributed by atoms with van der Waals surface area (Å²) >= 11 is 12.7. The SMILES string of the molecule is CC1CCc2c(sc(NC(=S)NC(=O)c3nn(C)cc3Cl)c2C#N)C1. The highest BCUT2D eigenvalue weighted by atomic mass is 35.5. The van der Waals surface area contributed by atoms with Gasteiger partial charge in [-0.25, -0.2) is 0 Å². The van der Waals surface area contributed by atoms with Crippen molar-refractivity contribution in [2.45, 2.75) is 26.2 Å². The molecule has 0 radical (unpaired) electrons. The van der Waals surface area contributed by atoms with E-state index in [0.29, 0.717) is 16.5 Å². The van der Waals surface area contributed by atoms with Crippen LogP contribution in [0.15, 0.2) is 6.20 Å². The molecule has 1 aliphatic rings. The first-order valence-electron chi connectivity index (χ1n) is 7.75. The van der Waals surface area contributed by atoms with E-state index in [9.17, 15) is 10.1 Å². The summed E-state index contributed by atoms with van der Waals surface area (Å²) in [5, 5.41) is 20.1. The summed E-state index contributed by atoms with van der Waals surface area (Å²) in [6.45, 7) is 2.21. The van der Waals surface area contributed by atoms with E-state index < -0.39 is 5.91 Å². The van der Waals surface area contributed by atoms with E-state index in [0.717, 1.165) is 24.8 Å². The third-order valence-electron chi connectivity index (χ3n) is 4.08. The third kappa shape index (κ3) is 3.68. The molecule has 0 saturated heterocycles. The van der Waals surface area contributed by atoms with Crippen molar-refractivity contribution >= 4 is 51.2 Å². The van der Waals surface area contributed by atoms with Crippen molar-refractivity contribution in [2.75, 3.05) is 5.32 Å². The number of aromatic nitrogens is 2. The summed E-state index contributed by atoms with van der Waals surface area (Å²) in [7, 11) is 1.68. The molecule has 2 aromatic heterocycles. The van der Waals surface area contributed by atoms with E-state index in [4.69, 9.17) is 23.8 Å². The van der Waals surface area contributed by atoms with E-state index in [2.05, 4.69) is 28.7 Å². The van der Waals surface area contributed by atoms with Gasteiger partial charge in [-0.15, -0.1) is 11.3 Å². The standard InChI is InChI=1S/C16H16ClN5OS2/c1-8-3-4-9-10(6-18)15(25-12(9)5-8)20-16(24)19-14(23)13-11(17)7-22(2)21-13/h7-8H,3-5H2,1-2H3,(H2,19,20,23,24). The van der Waals surface area contributed by atoms with Crippen molar-refractivity contribution in [3.63, 3.8) is 0 Å². The Labute approximate surface area is 159 Å². The number of nitrogens with zero attached hydrogens (tertiary/aromatic N) is 3. The monoisotopic (exact) mass is 393 g/mol. The van der Waals surface area contributed by atoms with Crippen molar-refractivity contribution in [1.82, 2.24) is 15.1 Å². The fourth-order valence-electron chi connectivity index (χ4n) is 2.87. The number of hydrogen-bond acceptors (Lipinski definition) is 5. The van der Waals surface area contributed by atoms with E-state index >= 15 is 0 Å². The predicted molar refractivity (Wildman–Crippen MR) is 102 cm³/mol. The lowest BCUT2D eigenvalue weighted by molar-refractivity contribution is 0.0972. The second-order valence-corrected chi connectivity index (χ2v) is 8.00. The minimum absolute atomic E-state index is 0.105. The molecule has 9 heteroatoms. The number of anilines is 1. The molecule has 0 aromatic carbocycles. The molecule has 0 bridgehead atoms. The maximum absolute atomic E-state index is 12.2. The first kappa shape index (κ1) is 17.9. The van der Waals surface area contributed by atoms with E-state index in [1.165, 1.54) is 27.1 Å². The molecule has 2 N–H and O–H groups in total. The van der Waals surface area contributed by atoms with Gasteiger partial charge in [-0.05, 0) is 43.0 Å². The largest absolute Gasteiger partial charge is 0.323 e. The van der Waals surface area contributed by atoms with E-state index in [1.807, 2.05) is 0 Å². The van der Waals surface area contributed by atoms with Gasteiger partial charge in [-0.3, -0.25) is 14.8 Å². The van der Waals surface area contributed by atoms with Crippen LogP contribution in [0.3, 0.4) is 0 Å². The first-order valence-corrected chi connectivity index (χ1v) is 9.35. The lowest BCUT2D eigenvalue weighted by Gasteiger charge is -2.17. The highest BCUT2D eigenvalue weighted by molar-refractivity contribution is 7.80. The normalized spacial score (nSPS) is 16.0. The zero-order chi connectivity index (χ0) is 18.1. The summed E-state index contributed by atoms with van der Waals surface area (Å²) in [6, 6.07) is 2.26. The van der Waals surface area contributed by atoms with Gasteiger partial charge in [0, 0.05) is 18.1 Å². The molecule has 0 saturated carbocycles. The zero-order valence-electron chi connectivity index (χ0n) is 13.7. The number of carbonyl (C=O) groups is 1. The summed E-state index contributed by atoms with van der Waals surface area (Å²) in [5.41, 5.74) is 1.84. The van der Waals surface area contributed by atoms with Gasteiger partial charge >= 0.3 is 0 Å². The van der Waals surface area contributed by atoms with Gasteiger partial charge in [0.05, 0.1) is 10.6 Å². The predicted octanol–water partition coefficient (Wildman–Crippen LogP) is 3.26. The smallest absolute Gasteiger partial charge is 0.279 e. The highest BCUT2D eigenvalue weighted by Gasteiger charge is 2.24. The Morgan fingerprint density at radius 1 is 1.60 bits per heavy atom. The Bertz CT molecular complexity index is 895. The maximum atomic E-state index is 12.2. The Balaban J connectivity index is 1.74. The van der Waals surface area contributed by atoms with Crippen LogP contribution in [0.5, 0.6) is 0 Å². The van der Waals surface area contributed by atoms with E-state index in [1.54, 1.807) is 7.05 Å². The van der Waals surface area contributed by atoms with Crippen LogP contribution in [0.1, 0.15) is 39.8 Å². The van der Waals surface area contributed by atoms with Crippen molar-refractivity contribution in [2.24, 2.45) is 13.0 Å². The molecule has 6 nitrogen and oxygen atoms in total. The molecule has 1 unspecified atom stereocenters. The van der Waals surface area contributed by atoms with Crippen LogP contribution in [0, 0.1) is 17.2 Å². The fourth-order valence-corrected chi connectivity index (χ4v) is 4.76. The van der Waals surface area contributed by atoms with Crippen molar-refractivity contribution < 1.29 is 4.79 Å². The lowest BCUT2D eigenvalue weighted by atomic mass is 9.89. The van der Waals surface area contributed by atoms with Gasteiger partial charge in [-0.1, -0.05) is 18.5 Å². The second kappa shape index (κ2) is 7.12. The Kier molecular flexibility index (Phi) is 5.08. The van der Waals surface area contributed by atoms with E-state index in [-0.39, 0.29) is 15.8 Å². The van der Waals surface area contributed by atoms with Crippen LogP contribution >= 0.6 is 35.2 Å². The third-order valence-corrected chi connectivity index (χ3v) is 5.73. The molecule has 25 heavy (non-hydrogen) atoms. The number of rotatable bonds is 2. The number of nitriles is 1. The van der Waals surface area contributed by atoms with Gasteiger partial charge < -0.3 is 5.32 Å². The zero-order valence-corrected chi connectivity index (χ0v) is 16.1. The number of aryl methyl sites for hydroxylation is 1. The van der Waals surface area contributed by atoms with Crippen LogP contribution < -0.4 is 10.6 Å². The van der Waals surface area contributed by atoms with Gasteiger partial charge in [0.1, 0.15) is 11.1 Å². The number of nitrogens with one attached hydrogen (secondary N) is 2. The molecular weight excluding hydrogens is 378 g/mol. The Morgan fingerprint density at radius 3 is 3.00 bits per heavy atom. The van der Waals surface area contributed by atoms with Gasteiger partial charge in [0.25, 0.3) is 5.91 Å². The van der Waals surface area contributed by atoms with Crippen LogP contribution in [0.25, 0.3) is 0 Å². The maximum Gasteiger partial charge on any atom is 0.279 e. The molecule has 1 aliphatic carbocycles. The van der Waals surface area contributed by atoms with Gasteiger partial charge in [-0.2, -0.15) is 10.4 Å². The molecular formula is C16H16ClN5OS2. The van der Waals surface area contributed by atoms with Crippen molar-refractivity contribution in [3.05, 3.63) is 32.9 Å². The quantitative estimate of drug-likeness (QED) is 0.765. The molecule has 1 amide bonds. The Hall–Kier alpha value is -1.95. The van der Waals surface area contributed by atoms with Crippen molar-refractivity contribution in [3.8, 4) is 6.07 Å². The number of thiocarbonyl (C=S) groups is 1. The number of carbonyl (C=O) groups excluding carboxylic acids is 1. The average molecular weight is 394 g/mol. The molecule has 3 rings (SSSR count). The van der Waals surface area contributed by atoms with Crippen molar-refractivity contribution in [1.29, 1.82) is 5.26 Å². The summed E-state index contributed by atoms with van der Waals surface area (Å²) in [4.78, 5) is 13.4. The lowest BCUT2D eigenvalue weighted by Crippen LogP contribution is -2.34. The molecule has 0 spiro atoms. The number of fused-ring (bicyclic) bond motifs is 1. The number of hydrogen-bond donors (Lipinski definition) is 2. The molecule has 0 fully saturated rings. The average Bonchev–Trinajstić information content (AvgIpc) is 3.05. The molecule has 2 heterocycles. The summed E-state index contributed by atoms with van der Waals surface area (Å²) < 4.78 is 1.45. The van der Waals surface area contributed by atoms with Crippen LogP contribution in [-0.4, -0.2) is 20.8 Å². The highest BCUT2D eigenvalue weighted by Crippen LogP contribution is 2.39. The molecule has 2 aromatic rings. The minimum Gasteiger partial charge on any atom is -0.323 e. The minimum atomic E-state index is -0.489. The number of halogens is 1. The number of amides is 1. The van der Waals surface area contributed by atoms with Gasteiger partial charge in [0.15, 0.2) is 10.8 Å². The van der Waals surface area contributed by atoms with Gasteiger partial charge in [0.2, 0.25) is 0 Å². The van der Waals surface area contributed by atoms with Crippen LogP contribution in [0.4, 0.5) is 5.00 Å². The molecule has 0 aliphatic heterocycles. The molecule has 1 atom stereocenters. The Morgan fingerprint density at radius 2 is 2.36 bits per heavy atom.